The molecule has 1 aromatic rings. The van der Waals surface area contributed by atoms with Gasteiger partial charge in [0.15, 0.2) is 0 Å². The van der Waals surface area contributed by atoms with Gasteiger partial charge in [-0.3, -0.25) is 4.90 Å². The number of rotatable bonds is 3. The van der Waals surface area contributed by atoms with Gasteiger partial charge in [-0.05, 0) is 37.0 Å². The molecule has 0 aromatic heterocycles. The van der Waals surface area contributed by atoms with E-state index in [9.17, 15) is 15.0 Å². The monoisotopic (exact) mass is 319 g/mol. The minimum Gasteiger partial charge on any atom is -0.465 e. The van der Waals surface area contributed by atoms with Gasteiger partial charge in [-0.1, -0.05) is 25.0 Å². The van der Waals surface area contributed by atoms with Crippen molar-refractivity contribution >= 4 is 5.97 Å². The van der Waals surface area contributed by atoms with E-state index in [4.69, 9.17) is 4.74 Å². The third kappa shape index (κ3) is 3.27. The summed E-state index contributed by atoms with van der Waals surface area (Å²) in [5, 5.41) is 20.2. The number of methoxy groups -OCH3 is 1. The van der Waals surface area contributed by atoms with Gasteiger partial charge in [0.1, 0.15) is 0 Å². The molecule has 1 aliphatic heterocycles. The van der Waals surface area contributed by atoms with Crippen molar-refractivity contribution in [1.29, 1.82) is 0 Å². The fraction of sp³-hybridized carbons (Fsp3) is 0.611. The number of piperidine rings is 1. The molecular formula is C18H25NO4. The van der Waals surface area contributed by atoms with Crippen LogP contribution in [-0.2, 0) is 11.3 Å². The van der Waals surface area contributed by atoms with Crippen LogP contribution in [0.1, 0.15) is 48.0 Å². The highest BCUT2D eigenvalue weighted by molar-refractivity contribution is 5.89. The third-order valence-corrected chi connectivity index (χ3v) is 5.37. The summed E-state index contributed by atoms with van der Waals surface area (Å²) in [6, 6.07) is 7.45. The second-order valence-electron chi connectivity index (χ2n) is 6.84. The Kier molecular flexibility index (Phi) is 4.71. The molecule has 3 rings (SSSR count). The Labute approximate surface area is 136 Å². The number of nitrogens with zero attached hydrogens (tertiary/aromatic N) is 1. The van der Waals surface area contributed by atoms with Gasteiger partial charge in [0, 0.05) is 18.6 Å². The maximum atomic E-state index is 11.7. The quantitative estimate of drug-likeness (QED) is 0.830. The molecule has 23 heavy (non-hydrogen) atoms. The molecule has 1 aromatic carbocycles. The third-order valence-electron chi connectivity index (χ3n) is 5.37. The molecule has 2 N–H and O–H groups in total. The van der Waals surface area contributed by atoms with Gasteiger partial charge in [-0.15, -0.1) is 0 Å². The van der Waals surface area contributed by atoms with Crippen LogP contribution in [0, 0.1) is 0 Å². The Bertz CT molecular complexity index is 568. The van der Waals surface area contributed by atoms with Gasteiger partial charge in [-0.2, -0.15) is 0 Å². The summed E-state index contributed by atoms with van der Waals surface area (Å²) in [4.78, 5) is 14.0. The lowest BCUT2D eigenvalue weighted by atomic mass is 9.82. The van der Waals surface area contributed by atoms with Crippen LogP contribution in [0.5, 0.6) is 0 Å². The summed E-state index contributed by atoms with van der Waals surface area (Å²) in [6.07, 6.45) is 3.75. The molecule has 2 aliphatic rings. The molecular weight excluding hydrogens is 294 g/mol. The Balaban J connectivity index is 1.81. The topological polar surface area (TPSA) is 70.0 Å². The summed E-state index contributed by atoms with van der Waals surface area (Å²) in [5.74, 6) is -0.337. The summed E-state index contributed by atoms with van der Waals surface area (Å²) >= 11 is 0. The zero-order valence-corrected chi connectivity index (χ0v) is 13.6. The van der Waals surface area contributed by atoms with E-state index in [1.807, 2.05) is 18.2 Å². The molecule has 1 saturated carbocycles. The summed E-state index contributed by atoms with van der Waals surface area (Å²) in [5.41, 5.74) is 1.56. The van der Waals surface area contributed by atoms with E-state index in [1.54, 1.807) is 6.07 Å². The van der Waals surface area contributed by atoms with Crippen LogP contribution >= 0.6 is 0 Å². The highest BCUT2D eigenvalue weighted by Crippen LogP contribution is 2.42. The second-order valence-corrected chi connectivity index (χ2v) is 6.84. The largest absolute Gasteiger partial charge is 0.465 e. The molecule has 0 unspecified atom stereocenters. The lowest BCUT2D eigenvalue weighted by Gasteiger charge is -2.48. The maximum Gasteiger partial charge on any atom is 0.337 e. The molecule has 0 amide bonds. The molecule has 5 heteroatoms. The van der Waals surface area contributed by atoms with E-state index in [0.717, 1.165) is 18.4 Å². The van der Waals surface area contributed by atoms with Gasteiger partial charge in [0.2, 0.25) is 0 Å². The van der Waals surface area contributed by atoms with Crippen LogP contribution in [0.3, 0.4) is 0 Å². The first-order chi connectivity index (χ1) is 11.0. The maximum absolute atomic E-state index is 11.7. The van der Waals surface area contributed by atoms with Crippen molar-refractivity contribution in [3.8, 4) is 0 Å². The van der Waals surface area contributed by atoms with Crippen LogP contribution in [-0.4, -0.2) is 52.5 Å². The average Bonchev–Trinajstić information content (AvgIpc) is 3.01. The standard InChI is InChI=1S/C18H25NO4/c1-23-17(22)14-6-4-5-13(9-14)11-19-12-16(21)15(20)10-18(19)7-2-3-8-18/h4-6,9,15-16,20-21H,2-3,7-8,10-12H2,1H3/t15-,16+/m0/s1. The van der Waals surface area contributed by atoms with Crippen LogP contribution in [0.15, 0.2) is 24.3 Å². The molecule has 1 heterocycles. The van der Waals surface area contributed by atoms with Gasteiger partial charge >= 0.3 is 5.97 Å². The van der Waals surface area contributed by atoms with Gasteiger partial charge in [0.25, 0.3) is 0 Å². The number of benzene rings is 1. The number of ether oxygens (including phenoxy) is 1. The molecule has 126 valence electrons. The van der Waals surface area contributed by atoms with E-state index in [2.05, 4.69) is 4.90 Å². The Hall–Kier alpha value is -1.43. The van der Waals surface area contributed by atoms with Crippen molar-refractivity contribution < 1.29 is 19.7 Å². The second kappa shape index (κ2) is 6.59. The van der Waals surface area contributed by atoms with E-state index in [1.165, 1.54) is 20.0 Å². The molecule has 2 fully saturated rings. The fourth-order valence-corrected chi connectivity index (χ4v) is 4.12. The van der Waals surface area contributed by atoms with Crippen LogP contribution in [0.25, 0.3) is 0 Å². The van der Waals surface area contributed by atoms with Crippen molar-refractivity contribution in [2.45, 2.75) is 56.4 Å². The minimum absolute atomic E-state index is 0.0140. The number of aliphatic hydroxyl groups excluding tert-OH is 2. The molecule has 0 bridgehead atoms. The normalized spacial score (nSPS) is 27.3. The lowest BCUT2D eigenvalue weighted by molar-refractivity contribution is -0.0998. The van der Waals surface area contributed by atoms with Crippen molar-refractivity contribution in [3.63, 3.8) is 0 Å². The predicted molar refractivity (Wildman–Crippen MR) is 86.0 cm³/mol. The van der Waals surface area contributed by atoms with Crippen LogP contribution in [0.2, 0.25) is 0 Å². The molecule has 5 nitrogen and oxygen atoms in total. The van der Waals surface area contributed by atoms with Crippen molar-refractivity contribution in [1.82, 2.24) is 4.90 Å². The van der Waals surface area contributed by atoms with Crippen molar-refractivity contribution in [2.75, 3.05) is 13.7 Å². The van der Waals surface area contributed by atoms with Gasteiger partial charge < -0.3 is 14.9 Å². The molecule has 2 atom stereocenters. The highest BCUT2D eigenvalue weighted by Gasteiger charge is 2.46. The van der Waals surface area contributed by atoms with Crippen LogP contribution in [0.4, 0.5) is 0 Å². The SMILES string of the molecule is COC(=O)c1cccc(CN2C[C@@H](O)[C@@H](O)CC23CCCC3)c1. The number of hydrogen-bond acceptors (Lipinski definition) is 5. The minimum atomic E-state index is -0.704. The zero-order chi connectivity index (χ0) is 16.4. The summed E-state index contributed by atoms with van der Waals surface area (Å²) in [6.45, 7) is 1.15. The van der Waals surface area contributed by atoms with Crippen molar-refractivity contribution in [3.05, 3.63) is 35.4 Å². The first-order valence-corrected chi connectivity index (χ1v) is 8.32. The van der Waals surface area contributed by atoms with Crippen LogP contribution < -0.4 is 0 Å². The molecule has 1 aliphatic carbocycles. The Morgan fingerprint density at radius 2 is 2.04 bits per heavy atom. The van der Waals surface area contributed by atoms with Gasteiger partial charge in [0.05, 0.1) is 24.9 Å². The van der Waals surface area contributed by atoms with Crippen molar-refractivity contribution in [2.24, 2.45) is 0 Å². The summed E-state index contributed by atoms with van der Waals surface area (Å²) in [7, 11) is 1.38. The van der Waals surface area contributed by atoms with E-state index >= 15 is 0 Å². The van der Waals surface area contributed by atoms with E-state index in [-0.39, 0.29) is 11.5 Å². The Morgan fingerprint density at radius 1 is 1.30 bits per heavy atom. The fourth-order valence-electron chi connectivity index (χ4n) is 4.12. The molecule has 1 saturated heterocycles. The highest BCUT2D eigenvalue weighted by atomic mass is 16.5. The molecule has 1 spiro atoms. The zero-order valence-electron chi connectivity index (χ0n) is 13.6. The Morgan fingerprint density at radius 3 is 2.74 bits per heavy atom. The predicted octanol–water partition coefficient (Wildman–Crippen LogP) is 1.71. The number of β-amino-alcohol motifs (C(OH)–C–C–N with tert-alkyl or cyclic N) is 1. The van der Waals surface area contributed by atoms with E-state index < -0.39 is 12.2 Å². The number of esters is 1. The number of likely N-dealkylation sites (tertiary alicyclic amines) is 1. The number of hydrogen-bond donors (Lipinski definition) is 2. The number of carbonyl (C=O) groups excluding carboxylic acids is 1. The lowest BCUT2D eigenvalue weighted by Crippen LogP contribution is -2.58. The summed E-state index contributed by atoms with van der Waals surface area (Å²) < 4.78 is 4.78. The first kappa shape index (κ1) is 16.4. The number of carbonyl (C=O) groups is 1. The molecule has 0 radical (unpaired) electrons. The number of aliphatic hydroxyl groups is 2. The average molecular weight is 319 g/mol. The van der Waals surface area contributed by atoms with E-state index in [0.29, 0.717) is 25.1 Å². The first-order valence-electron chi connectivity index (χ1n) is 8.32. The van der Waals surface area contributed by atoms with Gasteiger partial charge in [-0.25, -0.2) is 4.79 Å². The smallest absolute Gasteiger partial charge is 0.337 e.